The van der Waals surface area contributed by atoms with Crippen molar-refractivity contribution in [1.29, 1.82) is 0 Å². The van der Waals surface area contributed by atoms with E-state index in [9.17, 15) is 4.79 Å². The van der Waals surface area contributed by atoms with E-state index in [0.29, 0.717) is 5.06 Å². The first kappa shape index (κ1) is 13.4. The van der Waals surface area contributed by atoms with Gasteiger partial charge in [0, 0.05) is 12.6 Å². The molecular weight excluding hydrogens is 190 g/mol. The van der Waals surface area contributed by atoms with Crippen molar-refractivity contribution < 1.29 is 10.0 Å². The number of hydrogen-bond donors (Lipinski definition) is 1. The average molecular weight is 207 g/mol. The molecule has 3 heteroatoms. The maximum absolute atomic E-state index is 11.3. The number of amides is 1. The van der Waals surface area contributed by atoms with Crippen molar-refractivity contribution in [3.05, 3.63) is 48.1 Å². The van der Waals surface area contributed by atoms with Gasteiger partial charge in [0.15, 0.2) is 0 Å². The third kappa shape index (κ3) is 4.42. The molecule has 1 N–H and O–H groups in total. The Morgan fingerprint density at radius 3 is 2.27 bits per heavy atom. The van der Waals surface area contributed by atoms with Crippen LogP contribution in [0.2, 0.25) is 0 Å². The summed E-state index contributed by atoms with van der Waals surface area (Å²) in [6, 6.07) is 0. The highest BCUT2D eigenvalue weighted by Crippen LogP contribution is 2.11. The van der Waals surface area contributed by atoms with E-state index in [1.54, 1.807) is 12.2 Å². The largest absolute Gasteiger partial charge is 0.286 e. The zero-order valence-electron chi connectivity index (χ0n) is 9.45. The molecule has 3 nitrogen and oxygen atoms in total. The predicted octanol–water partition coefficient (Wildman–Crippen LogP) is 2.47. The summed E-state index contributed by atoms with van der Waals surface area (Å²) in [5.74, 6) is -0.513. The summed E-state index contributed by atoms with van der Waals surface area (Å²) in [5, 5.41) is 9.42. The van der Waals surface area contributed by atoms with Gasteiger partial charge in [0.05, 0.1) is 0 Å². The van der Waals surface area contributed by atoms with Crippen molar-refractivity contribution in [2.24, 2.45) is 0 Å². The number of likely N-dealkylation sites (N-methyl/N-ethyl adjacent to an activating group) is 1. The van der Waals surface area contributed by atoms with Crippen molar-refractivity contribution in [1.82, 2.24) is 5.06 Å². The van der Waals surface area contributed by atoms with Crippen LogP contribution in [-0.4, -0.2) is 23.2 Å². The van der Waals surface area contributed by atoms with Gasteiger partial charge in [0.2, 0.25) is 0 Å². The number of carbonyl (C=O) groups excluding carboxylic acids is 1. The molecule has 0 aromatic carbocycles. The molecule has 0 radical (unpaired) electrons. The van der Waals surface area contributed by atoms with E-state index in [1.807, 2.05) is 19.9 Å². The summed E-state index contributed by atoms with van der Waals surface area (Å²) in [4.78, 5) is 11.3. The molecule has 1 amide bonds. The highest BCUT2D eigenvalue weighted by atomic mass is 16.5. The fourth-order valence-corrected chi connectivity index (χ4v) is 0.953. The van der Waals surface area contributed by atoms with Crippen molar-refractivity contribution in [2.75, 3.05) is 7.05 Å². The predicted molar refractivity (Wildman–Crippen MR) is 61.4 cm³/mol. The lowest BCUT2D eigenvalue weighted by Gasteiger charge is -2.08. The number of carbonyl (C=O) groups is 1. The van der Waals surface area contributed by atoms with E-state index in [4.69, 9.17) is 5.21 Å². The summed E-state index contributed by atoms with van der Waals surface area (Å²) >= 11 is 0. The standard InChI is InChI=1S/C12H17NO2/c1-6-7-9(2)10(3)8-11(4)12(14)13(5)15/h6-8,15H,1,4H2,2-3,5H3/b9-7+,10-8+. The SMILES string of the molecule is C=C/C=C(C)/C(C)=C/C(=C)C(=O)N(C)O. The molecule has 0 aliphatic carbocycles. The number of rotatable bonds is 4. The fourth-order valence-electron chi connectivity index (χ4n) is 0.953. The molecule has 0 saturated heterocycles. The highest BCUT2D eigenvalue weighted by molar-refractivity contribution is 5.94. The minimum atomic E-state index is -0.513. The quantitative estimate of drug-likeness (QED) is 0.333. The third-order valence-electron chi connectivity index (χ3n) is 1.95. The van der Waals surface area contributed by atoms with Gasteiger partial charge in [-0.05, 0) is 31.1 Å². The van der Waals surface area contributed by atoms with Crippen LogP contribution in [-0.2, 0) is 4.79 Å². The van der Waals surface area contributed by atoms with E-state index in [-0.39, 0.29) is 5.57 Å². The maximum atomic E-state index is 11.3. The number of nitrogens with zero attached hydrogens (tertiary/aromatic N) is 1. The Balaban J connectivity index is 4.77. The number of hydroxylamine groups is 2. The first-order valence-corrected chi connectivity index (χ1v) is 4.54. The zero-order chi connectivity index (χ0) is 12.0. The minimum Gasteiger partial charge on any atom is -0.286 e. The Bertz CT molecular complexity index is 336. The van der Waals surface area contributed by atoms with E-state index in [1.165, 1.54) is 7.05 Å². The van der Waals surface area contributed by atoms with Crippen LogP contribution in [0.25, 0.3) is 0 Å². The molecule has 15 heavy (non-hydrogen) atoms. The van der Waals surface area contributed by atoms with Gasteiger partial charge in [-0.1, -0.05) is 25.3 Å². The molecule has 0 saturated carbocycles. The lowest BCUT2D eigenvalue weighted by Crippen LogP contribution is -2.23. The first-order chi connectivity index (χ1) is 6.90. The average Bonchev–Trinajstić information content (AvgIpc) is 2.16. The molecule has 0 aromatic heterocycles. The normalized spacial score (nSPS) is 12.3. The summed E-state index contributed by atoms with van der Waals surface area (Å²) < 4.78 is 0. The van der Waals surface area contributed by atoms with Crippen LogP contribution in [0.4, 0.5) is 0 Å². The van der Waals surface area contributed by atoms with Crippen LogP contribution < -0.4 is 0 Å². The van der Waals surface area contributed by atoms with E-state index in [0.717, 1.165) is 11.1 Å². The van der Waals surface area contributed by atoms with Crippen LogP contribution in [0.5, 0.6) is 0 Å². The van der Waals surface area contributed by atoms with Crippen LogP contribution in [0.15, 0.2) is 48.1 Å². The van der Waals surface area contributed by atoms with Crippen LogP contribution in [0.3, 0.4) is 0 Å². The van der Waals surface area contributed by atoms with Gasteiger partial charge >= 0.3 is 0 Å². The first-order valence-electron chi connectivity index (χ1n) is 4.54. The monoisotopic (exact) mass is 207 g/mol. The molecule has 0 aromatic rings. The molecular formula is C12H17NO2. The second-order valence-electron chi connectivity index (χ2n) is 3.27. The summed E-state index contributed by atoms with van der Waals surface area (Å²) in [6.45, 7) is 10.9. The highest BCUT2D eigenvalue weighted by Gasteiger charge is 2.08. The van der Waals surface area contributed by atoms with Gasteiger partial charge in [-0.25, -0.2) is 5.06 Å². The third-order valence-corrected chi connectivity index (χ3v) is 1.95. The molecule has 0 rings (SSSR count). The van der Waals surface area contributed by atoms with Gasteiger partial charge in [-0.3, -0.25) is 10.0 Å². The lowest BCUT2D eigenvalue weighted by molar-refractivity contribution is -0.154. The Morgan fingerprint density at radius 2 is 1.87 bits per heavy atom. The minimum absolute atomic E-state index is 0.245. The lowest BCUT2D eigenvalue weighted by atomic mass is 10.1. The topological polar surface area (TPSA) is 40.5 Å². The van der Waals surface area contributed by atoms with E-state index in [2.05, 4.69) is 13.2 Å². The molecule has 0 aliphatic heterocycles. The van der Waals surface area contributed by atoms with Crippen molar-refractivity contribution in [2.45, 2.75) is 13.8 Å². The van der Waals surface area contributed by atoms with Crippen molar-refractivity contribution in [3.8, 4) is 0 Å². The second kappa shape index (κ2) is 5.98. The van der Waals surface area contributed by atoms with E-state index < -0.39 is 5.91 Å². The molecule has 0 aliphatic rings. The van der Waals surface area contributed by atoms with Crippen LogP contribution in [0.1, 0.15) is 13.8 Å². The Hall–Kier alpha value is -1.61. The molecule has 0 fully saturated rings. The summed E-state index contributed by atoms with van der Waals surface area (Å²) in [5.41, 5.74) is 2.16. The molecule has 0 spiro atoms. The van der Waals surface area contributed by atoms with Gasteiger partial charge < -0.3 is 0 Å². The molecule has 82 valence electrons. The molecule has 0 unspecified atom stereocenters. The second-order valence-corrected chi connectivity index (χ2v) is 3.27. The Morgan fingerprint density at radius 1 is 1.33 bits per heavy atom. The fraction of sp³-hybridized carbons (Fsp3) is 0.250. The molecule has 0 atom stereocenters. The van der Waals surface area contributed by atoms with Crippen LogP contribution >= 0.6 is 0 Å². The van der Waals surface area contributed by atoms with Gasteiger partial charge in [0.25, 0.3) is 5.91 Å². The summed E-state index contributed by atoms with van der Waals surface area (Å²) in [6.07, 6.45) is 5.14. The van der Waals surface area contributed by atoms with Crippen molar-refractivity contribution in [3.63, 3.8) is 0 Å². The molecule has 0 bridgehead atoms. The maximum Gasteiger partial charge on any atom is 0.276 e. The van der Waals surface area contributed by atoms with Gasteiger partial charge in [-0.2, -0.15) is 0 Å². The van der Waals surface area contributed by atoms with E-state index >= 15 is 0 Å². The Labute approximate surface area is 90.7 Å². The summed E-state index contributed by atoms with van der Waals surface area (Å²) in [7, 11) is 1.27. The number of allylic oxidation sites excluding steroid dienone is 4. The van der Waals surface area contributed by atoms with Crippen LogP contribution in [0, 0.1) is 0 Å². The Kier molecular flexibility index (Phi) is 5.34. The number of hydrogen-bond acceptors (Lipinski definition) is 2. The molecule has 0 heterocycles. The van der Waals surface area contributed by atoms with Crippen molar-refractivity contribution >= 4 is 5.91 Å². The smallest absolute Gasteiger partial charge is 0.276 e. The van der Waals surface area contributed by atoms with Gasteiger partial charge in [-0.15, -0.1) is 0 Å². The van der Waals surface area contributed by atoms with Gasteiger partial charge in [0.1, 0.15) is 0 Å². The zero-order valence-corrected chi connectivity index (χ0v) is 9.45.